The number of anilines is 1. The van der Waals surface area contributed by atoms with E-state index in [1.807, 2.05) is 19.9 Å². The molecular weight excluding hydrogens is 366 g/mol. The maximum absolute atomic E-state index is 13.2. The molecule has 2 aromatic heterocycles. The first-order valence-electron chi connectivity index (χ1n) is 7.32. The highest BCUT2D eigenvalue weighted by Crippen LogP contribution is 2.22. The topological polar surface area (TPSA) is 59.8 Å². The Morgan fingerprint density at radius 3 is 2.52 bits per heavy atom. The summed E-state index contributed by atoms with van der Waals surface area (Å²) in [4.78, 5) is 16.8. The summed E-state index contributed by atoms with van der Waals surface area (Å²) in [5.74, 6) is -0.629. The molecule has 1 aromatic carbocycles. The Hall–Kier alpha value is -2.44. The minimum Gasteiger partial charge on any atom is -0.321 e. The predicted molar refractivity (Wildman–Crippen MR) is 95.2 cm³/mol. The van der Waals surface area contributed by atoms with Crippen LogP contribution in [0.3, 0.4) is 0 Å². The first-order valence-corrected chi connectivity index (χ1v) is 8.07. The molecule has 0 bridgehead atoms. The van der Waals surface area contributed by atoms with Gasteiger partial charge in [0.25, 0.3) is 5.91 Å². The van der Waals surface area contributed by atoms with Crippen LogP contribution >= 0.6 is 23.2 Å². The van der Waals surface area contributed by atoms with Gasteiger partial charge in [-0.15, -0.1) is 0 Å². The number of carbonyl (C=O) groups excluding carboxylic acids is 1. The quantitative estimate of drug-likeness (QED) is 0.725. The molecule has 0 aliphatic rings. The molecular formula is C17H13Cl2FN4O. The van der Waals surface area contributed by atoms with E-state index in [4.69, 9.17) is 23.2 Å². The lowest BCUT2D eigenvalue weighted by Crippen LogP contribution is -2.16. The van der Waals surface area contributed by atoms with Gasteiger partial charge in [0, 0.05) is 11.4 Å². The van der Waals surface area contributed by atoms with Gasteiger partial charge in [0.15, 0.2) is 5.82 Å². The zero-order chi connectivity index (χ0) is 18.1. The molecule has 5 nitrogen and oxygen atoms in total. The summed E-state index contributed by atoms with van der Waals surface area (Å²) in [6, 6.07) is 9.03. The second kappa shape index (κ2) is 6.82. The maximum atomic E-state index is 13.2. The van der Waals surface area contributed by atoms with Crippen LogP contribution in [0.4, 0.5) is 10.1 Å². The molecule has 8 heteroatoms. The number of halogens is 3. The smallest absolute Gasteiger partial charge is 0.275 e. The number of nitrogens with zero attached hydrogens (tertiary/aromatic N) is 3. The van der Waals surface area contributed by atoms with E-state index in [9.17, 15) is 9.18 Å². The number of carbonyl (C=O) groups is 1. The molecule has 0 atom stereocenters. The predicted octanol–water partition coefficient (Wildman–Crippen LogP) is 4.58. The maximum Gasteiger partial charge on any atom is 0.275 e. The van der Waals surface area contributed by atoms with Gasteiger partial charge in [-0.05, 0) is 50.2 Å². The van der Waals surface area contributed by atoms with Gasteiger partial charge >= 0.3 is 0 Å². The van der Waals surface area contributed by atoms with Crippen LogP contribution in [0, 0.1) is 19.7 Å². The summed E-state index contributed by atoms with van der Waals surface area (Å²) in [6.45, 7) is 3.75. The average Bonchev–Trinajstić information content (AvgIpc) is 2.90. The monoisotopic (exact) mass is 378 g/mol. The number of nitrogens with one attached hydrogen (secondary N) is 1. The molecule has 0 fully saturated rings. The van der Waals surface area contributed by atoms with Gasteiger partial charge in [-0.25, -0.2) is 14.1 Å². The standard InChI is InChI=1S/C17H13Cl2FN4O/c1-9-7-10(2)24(23-9)15-6-4-12(18)16(22-15)17(25)21-11-3-5-14(20)13(19)8-11/h3-8H,1-2H3,(H,21,25). The van der Waals surface area contributed by atoms with Gasteiger partial charge in [-0.3, -0.25) is 4.79 Å². The van der Waals surface area contributed by atoms with Crippen LogP contribution in [0.25, 0.3) is 5.82 Å². The summed E-state index contributed by atoms with van der Waals surface area (Å²) in [6.07, 6.45) is 0. The highest BCUT2D eigenvalue weighted by molar-refractivity contribution is 6.34. The lowest BCUT2D eigenvalue weighted by Gasteiger charge is -2.09. The van der Waals surface area contributed by atoms with E-state index in [1.165, 1.54) is 18.2 Å². The Labute approximate surface area is 153 Å². The minimum atomic E-state index is -0.567. The highest BCUT2D eigenvalue weighted by Gasteiger charge is 2.16. The summed E-state index contributed by atoms with van der Waals surface area (Å²) >= 11 is 11.8. The molecule has 1 amide bonds. The number of pyridine rings is 1. The summed E-state index contributed by atoms with van der Waals surface area (Å²) in [5.41, 5.74) is 2.09. The number of aromatic nitrogens is 3. The van der Waals surface area contributed by atoms with Crippen LogP contribution in [0.15, 0.2) is 36.4 Å². The third kappa shape index (κ3) is 3.65. The van der Waals surface area contributed by atoms with Crippen LogP contribution in [0.2, 0.25) is 10.0 Å². The zero-order valence-corrected chi connectivity index (χ0v) is 14.9. The van der Waals surface area contributed by atoms with Crippen molar-refractivity contribution in [2.24, 2.45) is 0 Å². The van der Waals surface area contributed by atoms with Crippen molar-refractivity contribution in [3.8, 4) is 5.82 Å². The molecule has 0 spiro atoms. The van der Waals surface area contributed by atoms with Crippen molar-refractivity contribution in [3.63, 3.8) is 0 Å². The van der Waals surface area contributed by atoms with E-state index in [2.05, 4.69) is 15.4 Å². The van der Waals surface area contributed by atoms with Crippen molar-refractivity contribution in [2.45, 2.75) is 13.8 Å². The molecule has 0 saturated carbocycles. The highest BCUT2D eigenvalue weighted by atomic mass is 35.5. The second-order valence-corrected chi connectivity index (χ2v) is 6.24. The number of benzene rings is 1. The fourth-order valence-corrected chi connectivity index (χ4v) is 2.71. The van der Waals surface area contributed by atoms with Gasteiger partial charge in [0.05, 0.1) is 15.7 Å². The molecule has 128 valence electrons. The van der Waals surface area contributed by atoms with Crippen molar-refractivity contribution in [3.05, 3.63) is 69.3 Å². The van der Waals surface area contributed by atoms with Gasteiger partial charge in [-0.1, -0.05) is 23.2 Å². The number of hydrogen-bond donors (Lipinski definition) is 1. The van der Waals surface area contributed by atoms with Gasteiger partial charge in [0.1, 0.15) is 11.5 Å². The fraction of sp³-hybridized carbons (Fsp3) is 0.118. The van der Waals surface area contributed by atoms with E-state index in [1.54, 1.807) is 16.8 Å². The molecule has 0 aliphatic carbocycles. The summed E-state index contributed by atoms with van der Waals surface area (Å²) in [7, 11) is 0. The number of rotatable bonds is 3. The number of aryl methyl sites for hydroxylation is 2. The van der Waals surface area contributed by atoms with Crippen molar-refractivity contribution in [1.82, 2.24) is 14.8 Å². The Morgan fingerprint density at radius 2 is 1.88 bits per heavy atom. The second-order valence-electron chi connectivity index (χ2n) is 5.42. The van der Waals surface area contributed by atoms with E-state index in [0.29, 0.717) is 11.5 Å². The van der Waals surface area contributed by atoms with E-state index < -0.39 is 11.7 Å². The lowest BCUT2D eigenvalue weighted by molar-refractivity contribution is 0.102. The van der Waals surface area contributed by atoms with Crippen LogP contribution in [0.1, 0.15) is 21.9 Å². The molecule has 3 rings (SSSR count). The molecule has 0 aliphatic heterocycles. The van der Waals surface area contributed by atoms with E-state index in [-0.39, 0.29) is 15.7 Å². The third-order valence-corrected chi connectivity index (χ3v) is 4.05. The zero-order valence-electron chi connectivity index (χ0n) is 13.3. The first kappa shape index (κ1) is 17.4. The average molecular weight is 379 g/mol. The van der Waals surface area contributed by atoms with Gasteiger partial charge in [0.2, 0.25) is 0 Å². The fourth-order valence-electron chi connectivity index (χ4n) is 2.33. The molecule has 2 heterocycles. The molecule has 3 aromatic rings. The Morgan fingerprint density at radius 1 is 1.12 bits per heavy atom. The van der Waals surface area contributed by atoms with Crippen molar-refractivity contribution < 1.29 is 9.18 Å². The summed E-state index contributed by atoms with van der Waals surface area (Å²) < 4.78 is 14.8. The van der Waals surface area contributed by atoms with Gasteiger partial charge < -0.3 is 5.32 Å². The van der Waals surface area contributed by atoms with Crippen LogP contribution in [0.5, 0.6) is 0 Å². The Bertz CT molecular complexity index is 971. The Balaban J connectivity index is 1.93. The van der Waals surface area contributed by atoms with Crippen LogP contribution in [-0.2, 0) is 0 Å². The van der Waals surface area contributed by atoms with Crippen LogP contribution in [-0.4, -0.2) is 20.7 Å². The van der Waals surface area contributed by atoms with Crippen molar-refractivity contribution in [1.29, 1.82) is 0 Å². The number of amides is 1. The minimum absolute atomic E-state index is 0.0344. The third-order valence-electron chi connectivity index (χ3n) is 3.45. The number of hydrogen-bond acceptors (Lipinski definition) is 3. The lowest BCUT2D eigenvalue weighted by atomic mass is 10.2. The summed E-state index contributed by atoms with van der Waals surface area (Å²) in [5, 5.41) is 7.04. The van der Waals surface area contributed by atoms with Crippen molar-refractivity contribution in [2.75, 3.05) is 5.32 Å². The first-order chi connectivity index (χ1) is 11.8. The largest absolute Gasteiger partial charge is 0.321 e. The Kier molecular flexibility index (Phi) is 4.74. The van der Waals surface area contributed by atoms with E-state index >= 15 is 0 Å². The molecule has 1 N–H and O–H groups in total. The molecule has 25 heavy (non-hydrogen) atoms. The molecule has 0 saturated heterocycles. The van der Waals surface area contributed by atoms with Crippen molar-refractivity contribution >= 4 is 34.8 Å². The molecule has 0 radical (unpaired) electrons. The van der Waals surface area contributed by atoms with E-state index in [0.717, 1.165) is 11.4 Å². The van der Waals surface area contributed by atoms with Crippen LogP contribution < -0.4 is 5.32 Å². The molecule has 0 unspecified atom stereocenters. The SMILES string of the molecule is Cc1cc(C)n(-c2ccc(Cl)c(C(=O)Nc3ccc(F)c(Cl)c3)n2)n1. The van der Waals surface area contributed by atoms with Gasteiger partial charge in [-0.2, -0.15) is 5.10 Å². The normalized spacial score (nSPS) is 10.8.